The third-order valence-electron chi connectivity index (χ3n) is 4.64. The molecule has 3 saturated heterocycles. The average molecular weight is 478 g/mol. The van der Waals surface area contributed by atoms with E-state index in [2.05, 4.69) is 88.3 Å². The van der Waals surface area contributed by atoms with E-state index in [1.54, 1.807) is 0 Å². The monoisotopic (exact) mass is 478 g/mol. The second-order valence-electron chi connectivity index (χ2n) is 5.92. The minimum atomic E-state index is 0.138. The zero-order chi connectivity index (χ0) is 13.5. The number of nitrogens with zero attached hydrogens (tertiary/aromatic N) is 1. The first kappa shape index (κ1) is 14.2. The first-order chi connectivity index (χ1) is 9.05. The van der Waals surface area contributed by atoms with E-state index in [1.807, 2.05) is 6.07 Å². The van der Waals surface area contributed by atoms with Crippen molar-refractivity contribution in [2.45, 2.75) is 20.3 Å². The first-order valence-corrected chi connectivity index (χ1v) is 9.12. The quantitative estimate of drug-likeness (QED) is 0.175. The summed E-state index contributed by atoms with van der Waals surface area (Å²) in [5.74, 6) is 7.82. The highest BCUT2D eigenvalue weighted by Crippen LogP contribution is 2.51. The van der Waals surface area contributed by atoms with Crippen molar-refractivity contribution < 1.29 is 4.48 Å². The van der Waals surface area contributed by atoms with E-state index >= 15 is 0 Å². The molecule has 3 aliphatic heterocycles. The number of benzene rings is 1. The van der Waals surface area contributed by atoms with Crippen LogP contribution in [-0.4, -0.2) is 32.1 Å². The van der Waals surface area contributed by atoms with Crippen molar-refractivity contribution in [2.75, 3.05) is 20.1 Å². The van der Waals surface area contributed by atoms with Gasteiger partial charge in [-0.25, -0.2) is 0 Å². The lowest BCUT2D eigenvalue weighted by atomic mass is 9.77. The predicted octanol–water partition coefficient (Wildman–Crippen LogP) is 3.84. The molecule has 0 saturated carbocycles. The number of hydrogen-bond acceptors (Lipinski definition) is 0. The van der Waals surface area contributed by atoms with Gasteiger partial charge < -0.3 is 4.48 Å². The maximum absolute atomic E-state index is 3.63. The summed E-state index contributed by atoms with van der Waals surface area (Å²) in [4.78, 5) is 0. The lowest BCUT2D eigenvalue weighted by Gasteiger charge is -2.56. The minimum Gasteiger partial charge on any atom is -0.314 e. The third kappa shape index (κ3) is 2.44. The van der Waals surface area contributed by atoms with E-state index in [0.29, 0.717) is 4.05 Å². The van der Waals surface area contributed by atoms with Crippen LogP contribution < -0.4 is 0 Å². The van der Waals surface area contributed by atoms with Crippen molar-refractivity contribution >= 4 is 45.2 Å². The van der Waals surface area contributed by atoms with Crippen molar-refractivity contribution in [1.82, 2.24) is 0 Å². The van der Waals surface area contributed by atoms with Gasteiger partial charge in [0.05, 0.1) is 20.1 Å². The minimum absolute atomic E-state index is 0.138. The van der Waals surface area contributed by atoms with Crippen LogP contribution in [0.5, 0.6) is 0 Å². The van der Waals surface area contributed by atoms with Crippen LogP contribution in [0.3, 0.4) is 0 Å². The SMILES string of the molecule is C[N+]12CCC(CC1)C(I)(C#Cc1ccccc1)C2I. The van der Waals surface area contributed by atoms with Crippen LogP contribution in [0, 0.1) is 17.8 Å². The zero-order valence-corrected chi connectivity index (χ0v) is 15.4. The smallest absolute Gasteiger partial charge is 0.165 e. The van der Waals surface area contributed by atoms with Crippen LogP contribution >= 0.6 is 45.2 Å². The molecule has 100 valence electrons. The van der Waals surface area contributed by atoms with Gasteiger partial charge in [-0.3, -0.25) is 0 Å². The normalized spacial score (nSPS) is 40.6. The van der Waals surface area contributed by atoms with Crippen LogP contribution in [0.4, 0.5) is 0 Å². The van der Waals surface area contributed by atoms with Gasteiger partial charge in [0, 0.05) is 24.3 Å². The Morgan fingerprint density at radius 2 is 1.84 bits per heavy atom. The fourth-order valence-electron chi connectivity index (χ4n) is 3.30. The lowest BCUT2D eigenvalue weighted by Crippen LogP contribution is -2.68. The molecule has 0 aromatic heterocycles. The number of halogens is 2. The van der Waals surface area contributed by atoms with Crippen molar-refractivity contribution in [2.24, 2.45) is 5.92 Å². The summed E-state index contributed by atoms with van der Waals surface area (Å²) in [5, 5.41) is 0. The van der Waals surface area contributed by atoms with E-state index in [9.17, 15) is 0 Å². The molecule has 4 rings (SSSR count). The molecule has 2 atom stereocenters. The first-order valence-electron chi connectivity index (χ1n) is 6.80. The molecular formula is C16H18I2N+. The Morgan fingerprint density at radius 1 is 1.21 bits per heavy atom. The number of fused-ring (bicyclic) bond motifs is 3. The second kappa shape index (κ2) is 5.19. The van der Waals surface area contributed by atoms with Gasteiger partial charge in [0.25, 0.3) is 0 Å². The van der Waals surface area contributed by atoms with Gasteiger partial charge in [-0.1, -0.05) is 52.6 Å². The van der Waals surface area contributed by atoms with E-state index in [4.69, 9.17) is 0 Å². The van der Waals surface area contributed by atoms with Gasteiger partial charge in [-0.15, -0.1) is 0 Å². The highest BCUT2D eigenvalue weighted by atomic mass is 127. The van der Waals surface area contributed by atoms with Crippen LogP contribution in [0.2, 0.25) is 0 Å². The summed E-state index contributed by atoms with van der Waals surface area (Å²) in [5.41, 5.74) is 1.14. The van der Waals surface area contributed by atoms with E-state index in [1.165, 1.54) is 30.4 Å². The Labute approximate surface area is 143 Å². The van der Waals surface area contributed by atoms with Crippen molar-refractivity contribution in [3.63, 3.8) is 0 Å². The predicted molar refractivity (Wildman–Crippen MR) is 96.5 cm³/mol. The molecule has 3 aliphatic rings. The summed E-state index contributed by atoms with van der Waals surface area (Å²) in [6.07, 6.45) is 2.67. The Hall–Kier alpha value is 0.200. The molecule has 2 unspecified atom stereocenters. The molecule has 3 heterocycles. The summed E-state index contributed by atoms with van der Waals surface area (Å²) in [6, 6.07) is 10.4. The Bertz CT molecular complexity index is 523. The molecule has 0 spiro atoms. The van der Waals surface area contributed by atoms with Crippen LogP contribution in [0.25, 0.3) is 0 Å². The molecule has 0 N–H and O–H groups in total. The van der Waals surface area contributed by atoms with Crippen LogP contribution in [0.15, 0.2) is 30.3 Å². The summed E-state index contributed by atoms with van der Waals surface area (Å²) in [7, 11) is 2.41. The number of hydrogen-bond donors (Lipinski definition) is 0. The molecule has 1 aromatic carbocycles. The van der Waals surface area contributed by atoms with Crippen LogP contribution in [0.1, 0.15) is 18.4 Å². The Balaban J connectivity index is 1.93. The van der Waals surface area contributed by atoms with Gasteiger partial charge in [0.15, 0.2) is 4.05 Å². The molecule has 0 radical (unpaired) electrons. The maximum atomic E-state index is 3.63. The van der Waals surface area contributed by atoms with Gasteiger partial charge in [0.1, 0.15) is 3.42 Å². The Kier molecular flexibility index (Phi) is 3.87. The lowest BCUT2D eigenvalue weighted by molar-refractivity contribution is -0.931. The standard InChI is InChI=1S/C16H18I2N/c1-19-11-8-14(9-12-19)16(18,15(19)17)10-7-13-5-3-2-4-6-13/h2-6,14-15H,8-9,11-12H2,1H3/q+1. The molecule has 3 heteroatoms. The molecule has 2 bridgehead atoms. The third-order valence-corrected chi connectivity index (χ3v) is 9.90. The molecule has 1 nitrogen and oxygen atoms in total. The number of rotatable bonds is 0. The number of quaternary nitrogens is 1. The summed E-state index contributed by atoms with van der Waals surface area (Å²) < 4.78 is 1.94. The van der Waals surface area contributed by atoms with Crippen LogP contribution in [-0.2, 0) is 0 Å². The second-order valence-corrected chi connectivity index (χ2v) is 8.89. The fraction of sp³-hybridized carbons (Fsp3) is 0.500. The van der Waals surface area contributed by atoms with Crippen molar-refractivity contribution in [3.05, 3.63) is 35.9 Å². The van der Waals surface area contributed by atoms with Crippen molar-refractivity contribution in [1.29, 1.82) is 0 Å². The summed E-state index contributed by atoms with van der Waals surface area (Å²) in [6.45, 7) is 2.66. The van der Waals surface area contributed by atoms with Crippen molar-refractivity contribution in [3.8, 4) is 11.8 Å². The molecule has 3 fully saturated rings. The highest BCUT2D eigenvalue weighted by Gasteiger charge is 2.58. The molecule has 19 heavy (non-hydrogen) atoms. The van der Waals surface area contributed by atoms with E-state index < -0.39 is 0 Å². The molecular weight excluding hydrogens is 460 g/mol. The molecule has 0 amide bonds. The zero-order valence-electron chi connectivity index (χ0n) is 11.1. The molecule has 0 aliphatic carbocycles. The van der Waals surface area contributed by atoms with Gasteiger partial charge >= 0.3 is 0 Å². The molecule has 1 aromatic rings. The number of piperidine rings is 3. The largest absolute Gasteiger partial charge is 0.314 e. The number of alkyl halides is 2. The van der Waals surface area contributed by atoms with Gasteiger partial charge in [-0.2, -0.15) is 0 Å². The fourth-order valence-corrected chi connectivity index (χ4v) is 5.95. The van der Waals surface area contributed by atoms with Gasteiger partial charge in [0.2, 0.25) is 0 Å². The highest BCUT2D eigenvalue weighted by molar-refractivity contribution is 14.1. The summed E-state index contributed by atoms with van der Waals surface area (Å²) >= 11 is 5.30. The average Bonchev–Trinajstić information content (AvgIpc) is 2.44. The van der Waals surface area contributed by atoms with E-state index in [-0.39, 0.29) is 3.42 Å². The Morgan fingerprint density at radius 3 is 2.47 bits per heavy atom. The van der Waals surface area contributed by atoms with Gasteiger partial charge in [-0.05, 0) is 34.7 Å². The maximum Gasteiger partial charge on any atom is 0.165 e. The topological polar surface area (TPSA) is 0 Å². The van der Waals surface area contributed by atoms with E-state index in [0.717, 1.165) is 11.5 Å².